The van der Waals surface area contributed by atoms with Gasteiger partial charge in [0.05, 0.1) is 13.5 Å². The molecule has 3 nitrogen and oxygen atoms in total. The van der Waals surface area contributed by atoms with Gasteiger partial charge in [0.2, 0.25) is 5.91 Å². The predicted octanol–water partition coefficient (Wildman–Crippen LogP) is 3.47. The molecule has 0 radical (unpaired) electrons. The number of halogens is 1. The maximum absolute atomic E-state index is 12.9. The van der Waals surface area contributed by atoms with Gasteiger partial charge in [0.15, 0.2) is 0 Å². The van der Waals surface area contributed by atoms with Crippen LogP contribution in [-0.4, -0.2) is 31.0 Å². The Morgan fingerprint density at radius 3 is 2.46 bits per heavy atom. The van der Waals surface area contributed by atoms with Crippen molar-refractivity contribution >= 4 is 5.91 Å². The number of amides is 1. The summed E-state index contributed by atoms with van der Waals surface area (Å²) in [6.45, 7) is 1.60. The number of ether oxygens (including phenoxy) is 1. The van der Waals surface area contributed by atoms with Gasteiger partial charge in [-0.15, -0.1) is 0 Å². The van der Waals surface area contributed by atoms with Crippen LogP contribution in [0.1, 0.15) is 17.5 Å². The number of likely N-dealkylation sites (tertiary alicyclic amines) is 1. The highest BCUT2D eigenvalue weighted by Gasteiger charge is 2.26. The van der Waals surface area contributed by atoms with Gasteiger partial charge >= 0.3 is 0 Å². The van der Waals surface area contributed by atoms with Gasteiger partial charge in [-0.2, -0.15) is 0 Å². The molecule has 0 N–H and O–H groups in total. The zero-order chi connectivity index (χ0) is 16.9. The lowest BCUT2D eigenvalue weighted by molar-refractivity contribution is -0.129. The van der Waals surface area contributed by atoms with E-state index in [2.05, 4.69) is 12.1 Å². The van der Waals surface area contributed by atoms with Crippen LogP contribution < -0.4 is 4.74 Å². The van der Waals surface area contributed by atoms with Crippen molar-refractivity contribution in [2.75, 3.05) is 20.2 Å². The summed E-state index contributed by atoms with van der Waals surface area (Å²) < 4.78 is 18.1. The summed E-state index contributed by atoms with van der Waals surface area (Å²) in [5.41, 5.74) is 2.13. The number of rotatable bonds is 5. The highest BCUT2D eigenvalue weighted by Crippen LogP contribution is 2.23. The monoisotopic (exact) mass is 327 g/mol. The molecule has 2 aromatic rings. The third kappa shape index (κ3) is 4.13. The van der Waals surface area contributed by atoms with E-state index in [1.54, 1.807) is 19.2 Å². The summed E-state index contributed by atoms with van der Waals surface area (Å²) in [7, 11) is 1.66. The summed E-state index contributed by atoms with van der Waals surface area (Å²) in [6, 6.07) is 14.3. The molecule has 1 atom stereocenters. The first kappa shape index (κ1) is 16.5. The van der Waals surface area contributed by atoms with Gasteiger partial charge in [-0.1, -0.05) is 24.3 Å². The number of hydrogen-bond donors (Lipinski definition) is 0. The van der Waals surface area contributed by atoms with Gasteiger partial charge in [-0.25, -0.2) is 4.39 Å². The van der Waals surface area contributed by atoms with E-state index in [1.165, 1.54) is 17.7 Å². The van der Waals surface area contributed by atoms with E-state index in [0.29, 0.717) is 12.3 Å². The van der Waals surface area contributed by atoms with E-state index in [9.17, 15) is 9.18 Å². The van der Waals surface area contributed by atoms with Crippen LogP contribution in [0.3, 0.4) is 0 Å². The van der Waals surface area contributed by atoms with Crippen molar-refractivity contribution in [1.82, 2.24) is 4.90 Å². The second-order valence-electron chi connectivity index (χ2n) is 6.35. The van der Waals surface area contributed by atoms with Crippen LogP contribution in [-0.2, 0) is 17.6 Å². The van der Waals surface area contributed by atoms with E-state index >= 15 is 0 Å². The molecule has 0 saturated carbocycles. The zero-order valence-electron chi connectivity index (χ0n) is 13.9. The Balaban J connectivity index is 1.52. The van der Waals surface area contributed by atoms with Crippen molar-refractivity contribution in [3.8, 4) is 5.75 Å². The van der Waals surface area contributed by atoms with Crippen molar-refractivity contribution in [2.45, 2.75) is 19.3 Å². The minimum atomic E-state index is -0.271. The Morgan fingerprint density at radius 2 is 1.79 bits per heavy atom. The SMILES string of the molecule is COc1ccc(CC2CCN(C(=O)Cc3ccc(F)cc3)C2)cc1. The Bertz CT molecular complexity index is 682. The van der Waals surface area contributed by atoms with E-state index in [1.807, 2.05) is 17.0 Å². The Labute approximate surface area is 142 Å². The quantitative estimate of drug-likeness (QED) is 0.841. The number of nitrogens with zero attached hydrogens (tertiary/aromatic N) is 1. The summed E-state index contributed by atoms with van der Waals surface area (Å²) in [4.78, 5) is 14.3. The first-order chi connectivity index (χ1) is 11.6. The molecule has 1 aliphatic rings. The van der Waals surface area contributed by atoms with Crippen molar-refractivity contribution < 1.29 is 13.9 Å². The Hall–Kier alpha value is -2.36. The van der Waals surface area contributed by atoms with Gasteiger partial charge in [0.1, 0.15) is 11.6 Å². The molecule has 1 saturated heterocycles. The minimum absolute atomic E-state index is 0.124. The average molecular weight is 327 g/mol. The van der Waals surface area contributed by atoms with Gasteiger partial charge in [0, 0.05) is 13.1 Å². The molecule has 0 bridgehead atoms. The van der Waals surface area contributed by atoms with E-state index in [-0.39, 0.29) is 11.7 Å². The topological polar surface area (TPSA) is 29.5 Å². The standard InChI is InChI=1S/C20H22FNO2/c1-24-19-8-4-15(5-9-19)12-17-10-11-22(14-17)20(23)13-16-2-6-18(21)7-3-16/h2-9,17H,10-14H2,1H3. The molecule has 4 heteroatoms. The number of benzene rings is 2. The second-order valence-corrected chi connectivity index (χ2v) is 6.35. The van der Waals surface area contributed by atoms with Gasteiger partial charge in [-0.3, -0.25) is 4.79 Å². The minimum Gasteiger partial charge on any atom is -0.497 e. The van der Waals surface area contributed by atoms with Gasteiger partial charge < -0.3 is 9.64 Å². The van der Waals surface area contributed by atoms with Crippen LogP contribution in [0.25, 0.3) is 0 Å². The Morgan fingerprint density at radius 1 is 1.12 bits per heavy atom. The molecule has 0 aliphatic carbocycles. The molecule has 0 aromatic heterocycles. The van der Waals surface area contributed by atoms with Gasteiger partial charge in [-0.05, 0) is 54.2 Å². The number of carbonyl (C=O) groups excluding carboxylic acids is 1. The summed E-state index contributed by atoms with van der Waals surface area (Å²) in [6.07, 6.45) is 2.35. The number of hydrogen-bond acceptors (Lipinski definition) is 2. The van der Waals surface area contributed by atoms with E-state index < -0.39 is 0 Å². The van der Waals surface area contributed by atoms with Crippen LogP contribution in [0.5, 0.6) is 5.75 Å². The molecule has 1 aliphatic heterocycles. The van der Waals surface area contributed by atoms with E-state index in [4.69, 9.17) is 4.74 Å². The lowest BCUT2D eigenvalue weighted by Gasteiger charge is -2.17. The van der Waals surface area contributed by atoms with Crippen LogP contribution >= 0.6 is 0 Å². The number of carbonyl (C=O) groups is 1. The summed E-state index contributed by atoms with van der Waals surface area (Å²) in [5.74, 6) is 1.21. The number of methoxy groups -OCH3 is 1. The molecule has 2 aromatic carbocycles. The lowest BCUT2D eigenvalue weighted by Crippen LogP contribution is -2.30. The van der Waals surface area contributed by atoms with E-state index in [0.717, 1.165) is 37.2 Å². The maximum atomic E-state index is 12.9. The third-order valence-electron chi connectivity index (χ3n) is 4.59. The van der Waals surface area contributed by atoms with Crippen LogP contribution in [0.15, 0.2) is 48.5 Å². The summed E-state index contributed by atoms with van der Waals surface area (Å²) in [5, 5.41) is 0. The van der Waals surface area contributed by atoms with Crippen molar-refractivity contribution in [2.24, 2.45) is 5.92 Å². The fraction of sp³-hybridized carbons (Fsp3) is 0.350. The van der Waals surface area contributed by atoms with Crippen molar-refractivity contribution in [3.63, 3.8) is 0 Å². The molecule has 0 spiro atoms. The first-order valence-corrected chi connectivity index (χ1v) is 8.29. The predicted molar refractivity (Wildman–Crippen MR) is 91.5 cm³/mol. The van der Waals surface area contributed by atoms with Crippen molar-refractivity contribution in [3.05, 3.63) is 65.5 Å². The third-order valence-corrected chi connectivity index (χ3v) is 4.59. The molecule has 1 unspecified atom stereocenters. The largest absolute Gasteiger partial charge is 0.497 e. The highest BCUT2D eigenvalue weighted by atomic mass is 19.1. The zero-order valence-corrected chi connectivity index (χ0v) is 13.9. The fourth-order valence-electron chi connectivity index (χ4n) is 3.21. The lowest BCUT2D eigenvalue weighted by atomic mass is 9.99. The van der Waals surface area contributed by atoms with Crippen LogP contribution in [0.4, 0.5) is 4.39 Å². The van der Waals surface area contributed by atoms with Crippen LogP contribution in [0, 0.1) is 11.7 Å². The molecular weight excluding hydrogens is 305 g/mol. The van der Waals surface area contributed by atoms with Gasteiger partial charge in [0.25, 0.3) is 0 Å². The maximum Gasteiger partial charge on any atom is 0.226 e. The summed E-state index contributed by atoms with van der Waals surface area (Å²) >= 11 is 0. The second kappa shape index (κ2) is 7.47. The fourth-order valence-corrected chi connectivity index (χ4v) is 3.21. The molecule has 1 amide bonds. The average Bonchev–Trinajstić information content (AvgIpc) is 3.06. The normalized spacial score (nSPS) is 17.1. The van der Waals surface area contributed by atoms with Crippen molar-refractivity contribution in [1.29, 1.82) is 0 Å². The van der Waals surface area contributed by atoms with Crippen LogP contribution in [0.2, 0.25) is 0 Å². The molecule has 3 rings (SSSR count). The molecule has 126 valence electrons. The Kier molecular flexibility index (Phi) is 5.14. The molecule has 1 heterocycles. The molecular formula is C20H22FNO2. The molecule has 24 heavy (non-hydrogen) atoms. The molecule has 1 fully saturated rings. The highest BCUT2D eigenvalue weighted by molar-refractivity contribution is 5.79. The first-order valence-electron chi connectivity index (χ1n) is 8.29. The smallest absolute Gasteiger partial charge is 0.226 e.